The zero-order valence-electron chi connectivity index (χ0n) is 16.2. The second kappa shape index (κ2) is 44.0. The van der Waals surface area contributed by atoms with Crippen LogP contribution in [0, 0.1) is 0 Å². The molecule has 0 aliphatic carbocycles. The van der Waals surface area contributed by atoms with Crippen LogP contribution in [0.2, 0.25) is 0 Å². The van der Waals surface area contributed by atoms with Crippen molar-refractivity contribution in [3.63, 3.8) is 0 Å². The topological polar surface area (TPSA) is 345 Å². The Morgan fingerprint density at radius 2 is 0.308 bits per heavy atom. The Kier molecular flexibility index (Phi) is 84.5. The van der Waals surface area contributed by atoms with Crippen LogP contribution < -0.4 is 0 Å². The summed E-state index contributed by atoms with van der Waals surface area (Å²) in [5, 5.41) is 0. The monoisotopic (exact) mass is 520 g/mol. The van der Waals surface area contributed by atoms with Gasteiger partial charge in [-0.05, 0) is 0 Å². The Hall–Kier alpha value is -0.766. The van der Waals surface area contributed by atoms with E-state index in [2.05, 4.69) is 0 Å². The molecule has 18 nitrogen and oxygen atoms in total. The van der Waals surface area contributed by atoms with Gasteiger partial charge >= 0.3 is 101 Å². The maximum absolute atomic E-state index is 8.74. The maximum Gasteiger partial charge on any atom is 2.00 e. The number of rotatable bonds is 0. The Balaban J connectivity index is -0.0000000125. The molecule has 0 amide bonds. The van der Waals surface area contributed by atoms with Gasteiger partial charge in [0.25, 0.3) is 0 Å². The minimum atomic E-state index is -3.13. The van der Waals surface area contributed by atoms with E-state index in [9.17, 15) is 0 Å². The molecular weight excluding hydrogens is 505 g/mol. The van der Waals surface area contributed by atoms with Crippen molar-refractivity contribution in [3.8, 4) is 0 Å². The number of hydrogen-bond donors (Lipinski definition) is 12. The van der Waals surface area contributed by atoms with Crippen LogP contribution in [-0.4, -0.2) is 159 Å². The molecule has 0 bridgehead atoms. The molecule has 152 valence electrons. The summed E-state index contributed by atoms with van der Waals surface area (Å²) in [6.07, 6.45) is 0. The normalized spacial score (nSPS) is 5.54. The average Bonchev–Trinajstić information content (AvgIpc) is 2.08. The zero-order chi connectivity index (χ0) is 21.5. The molecule has 12 N–H and O–H groups in total. The van der Waals surface area contributed by atoms with E-state index >= 15 is 0 Å². The molecule has 0 saturated heterocycles. The average molecular weight is 521 g/mol. The summed E-state index contributed by atoms with van der Waals surface area (Å²) in [5.74, 6) is 0. The summed E-state index contributed by atoms with van der Waals surface area (Å²) in [5.41, 5.74) is 0. The molecule has 0 spiro atoms. The van der Waals surface area contributed by atoms with Crippen molar-refractivity contribution in [3.05, 3.63) is 0 Å². The summed E-state index contributed by atoms with van der Waals surface area (Å²) in [6.45, 7) is 0. The molecule has 0 aliphatic rings. The molecule has 0 aromatic rings. The molecule has 0 aliphatic heterocycles. The molecule has 0 atom stereocenters. The van der Waals surface area contributed by atoms with Gasteiger partial charge in [0.1, 0.15) is 0 Å². The standard InChI is InChI=1S/2Mg.6H2O3Si.4H/c;;6*1-4(2)3;;;;/h;;6*1-2H;;;;/q2*+2;;;;;;;4*-1. The Morgan fingerprint density at radius 1 is 0.308 bits per heavy atom. The molecule has 0 saturated carbocycles. The minimum Gasteiger partial charge on any atom is -1.00 e. The fourth-order valence-corrected chi connectivity index (χ4v) is 0. The molecule has 26 heteroatoms. The van der Waals surface area contributed by atoms with Gasteiger partial charge < -0.3 is 63.3 Å². The van der Waals surface area contributed by atoms with Crippen molar-refractivity contribution in [2.75, 3.05) is 0 Å². The SMILES string of the molecule is O=[Si](O)O.O=[Si](O)O.O=[Si](O)O.O=[Si](O)O.O=[Si](O)O.O=[Si](O)O.[H-].[H-].[H-].[H-].[Mg+2].[Mg+2]. The van der Waals surface area contributed by atoms with Crippen LogP contribution in [0.3, 0.4) is 0 Å². The molecule has 0 heterocycles. The summed E-state index contributed by atoms with van der Waals surface area (Å²) in [7, 11) is -18.8. The van der Waals surface area contributed by atoms with Crippen molar-refractivity contribution >= 4 is 101 Å². The minimum absolute atomic E-state index is 0. The fourth-order valence-electron chi connectivity index (χ4n) is 0. The van der Waals surface area contributed by atoms with Crippen molar-refractivity contribution in [2.24, 2.45) is 0 Å². The second-order valence-electron chi connectivity index (χ2n) is 1.70. The van der Waals surface area contributed by atoms with Gasteiger partial charge in [0, 0.05) is 0 Å². The van der Waals surface area contributed by atoms with E-state index in [1.165, 1.54) is 0 Å². The first-order valence-electron chi connectivity index (χ1n) is 3.91. The van der Waals surface area contributed by atoms with Crippen LogP contribution in [0.15, 0.2) is 0 Å². The van der Waals surface area contributed by atoms with Crippen LogP contribution in [0.5, 0.6) is 0 Å². The van der Waals surface area contributed by atoms with Crippen LogP contribution >= 0.6 is 0 Å². The summed E-state index contributed by atoms with van der Waals surface area (Å²) in [6, 6.07) is 0. The van der Waals surface area contributed by atoms with E-state index in [0.717, 1.165) is 0 Å². The van der Waals surface area contributed by atoms with E-state index in [0.29, 0.717) is 0 Å². The molecule has 26 heavy (non-hydrogen) atoms. The van der Waals surface area contributed by atoms with Crippen LogP contribution in [-0.2, 0) is 26.8 Å². The van der Waals surface area contributed by atoms with Gasteiger partial charge in [0.15, 0.2) is 0 Å². The zero-order valence-corrected chi connectivity index (χ0v) is 21.1. The van der Waals surface area contributed by atoms with Crippen molar-refractivity contribution < 1.29 is 90.0 Å². The van der Waals surface area contributed by atoms with Gasteiger partial charge in [0.2, 0.25) is 0 Å². The van der Waals surface area contributed by atoms with E-state index in [-0.39, 0.29) is 51.8 Å². The third-order valence-corrected chi connectivity index (χ3v) is 0. The molecule has 0 rings (SSSR count). The molecule has 0 radical (unpaired) electrons. The van der Waals surface area contributed by atoms with E-state index in [1.54, 1.807) is 0 Å². The Bertz CT molecular complexity index is 278. The molecule has 0 aromatic carbocycles. The van der Waals surface area contributed by atoms with Gasteiger partial charge in [0.05, 0.1) is 0 Å². The molecular formula is H16Mg2O18Si6. The van der Waals surface area contributed by atoms with Crippen LogP contribution in [0.1, 0.15) is 5.71 Å². The van der Waals surface area contributed by atoms with E-state index < -0.39 is 55.0 Å². The predicted octanol–water partition coefficient (Wildman–Crippen LogP) is -9.99. The van der Waals surface area contributed by atoms with Crippen molar-refractivity contribution in [1.29, 1.82) is 0 Å². The summed E-state index contributed by atoms with van der Waals surface area (Å²) < 4.78 is 52.4. The molecule has 0 aromatic heterocycles. The van der Waals surface area contributed by atoms with Gasteiger partial charge in [-0.25, -0.2) is 0 Å². The largest absolute Gasteiger partial charge is 2.00 e. The fraction of sp³-hybridized carbons (Fsp3) is 0. The van der Waals surface area contributed by atoms with Gasteiger partial charge in [-0.1, -0.05) is 0 Å². The Morgan fingerprint density at radius 3 is 0.308 bits per heavy atom. The van der Waals surface area contributed by atoms with Gasteiger partial charge in [-0.2, -0.15) is 0 Å². The van der Waals surface area contributed by atoms with Crippen molar-refractivity contribution in [2.45, 2.75) is 0 Å². The van der Waals surface area contributed by atoms with Gasteiger partial charge in [-0.15, -0.1) is 0 Å². The van der Waals surface area contributed by atoms with E-state index in [4.69, 9.17) is 84.3 Å². The Labute approximate surface area is 190 Å². The molecule has 0 fully saturated rings. The second-order valence-corrected chi connectivity index (χ2v) is 5.09. The first kappa shape index (κ1) is 49.9. The smallest absolute Gasteiger partial charge is 1.00 e. The van der Waals surface area contributed by atoms with Crippen molar-refractivity contribution in [1.82, 2.24) is 0 Å². The first-order chi connectivity index (χ1) is 10.4. The van der Waals surface area contributed by atoms with Crippen LogP contribution in [0.25, 0.3) is 0 Å². The summed E-state index contributed by atoms with van der Waals surface area (Å²) >= 11 is 0. The van der Waals surface area contributed by atoms with Crippen LogP contribution in [0.4, 0.5) is 0 Å². The molecule has 0 unspecified atom stereocenters. The van der Waals surface area contributed by atoms with Gasteiger partial charge in [-0.3, -0.25) is 26.8 Å². The number of hydrogen-bond acceptors (Lipinski definition) is 6. The third kappa shape index (κ3) is 19600. The van der Waals surface area contributed by atoms with E-state index in [1.807, 2.05) is 0 Å². The first-order valence-corrected chi connectivity index (χ1v) is 11.7. The summed E-state index contributed by atoms with van der Waals surface area (Å²) in [4.78, 5) is 85.9. The third-order valence-electron chi connectivity index (χ3n) is 0. The maximum atomic E-state index is 8.74. The predicted molar refractivity (Wildman–Crippen MR) is 81.2 cm³/mol. The quantitative estimate of drug-likeness (QED) is 0.132.